The second kappa shape index (κ2) is 9.65. The second-order valence-corrected chi connectivity index (χ2v) is 5.43. The third-order valence-corrected chi connectivity index (χ3v) is 2.93. The van der Waals surface area contributed by atoms with Crippen molar-refractivity contribution >= 4 is 15.9 Å². The smallest absolute Gasteiger partial charge is 0.203 e. The van der Waals surface area contributed by atoms with Gasteiger partial charge >= 0.3 is 0 Å². The topological polar surface area (TPSA) is 49.0 Å². The Morgan fingerprint density at radius 1 is 1.19 bits per heavy atom. The first-order chi connectivity index (χ1) is 10.1. The van der Waals surface area contributed by atoms with E-state index in [0.29, 0.717) is 37.0 Å². The molecule has 5 nitrogen and oxygen atoms in total. The summed E-state index contributed by atoms with van der Waals surface area (Å²) in [4.78, 5) is 0. The predicted octanol–water partition coefficient (Wildman–Crippen LogP) is 2.73. The molecule has 0 aliphatic heterocycles. The minimum Gasteiger partial charge on any atom is -0.493 e. The number of ether oxygens (including phenoxy) is 4. The van der Waals surface area contributed by atoms with Crippen LogP contribution < -0.4 is 19.5 Å². The summed E-state index contributed by atoms with van der Waals surface area (Å²) >= 11 is 3.27. The van der Waals surface area contributed by atoms with Crippen molar-refractivity contribution in [3.63, 3.8) is 0 Å². The Morgan fingerprint density at radius 2 is 1.81 bits per heavy atom. The van der Waals surface area contributed by atoms with E-state index in [0.717, 1.165) is 16.6 Å². The van der Waals surface area contributed by atoms with Gasteiger partial charge in [0.1, 0.15) is 6.61 Å². The highest BCUT2D eigenvalue weighted by Crippen LogP contribution is 2.38. The zero-order valence-electron chi connectivity index (χ0n) is 12.7. The summed E-state index contributed by atoms with van der Waals surface area (Å²) in [6, 6.07) is 3.85. The van der Waals surface area contributed by atoms with Gasteiger partial charge in [0.25, 0.3) is 0 Å². The van der Waals surface area contributed by atoms with Crippen molar-refractivity contribution < 1.29 is 18.9 Å². The number of halogens is 1. The maximum absolute atomic E-state index is 5.67. The monoisotopic (exact) mass is 359 g/mol. The van der Waals surface area contributed by atoms with Gasteiger partial charge < -0.3 is 24.3 Å². The highest BCUT2D eigenvalue weighted by molar-refractivity contribution is 9.11. The first-order valence-corrected chi connectivity index (χ1v) is 7.32. The fourth-order valence-electron chi connectivity index (χ4n) is 1.74. The Kier molecular flexibility index (Phi) is 8.19. The molecule has 21 heavy (non-hydrogen) atoms. The van der Waals surface area contributed by atoms with Gasteiger partial charge in [-0.05, 0) is 17.7 Å². The Hall–Kier alpha value is -1.24. The number of nitrogens with one attached hydrogen (secondary N) is 1. The van der Waals surface area contributed by atoms with E-state index >= 15 is 0 Å². The lowest BCUT2D eigenvalue weighted by atomic mass is 10.1. The minimum atomic E-state index is 0.345. The second-order valence-electron chi connectivity index (χ2n) is 4.30. The molecule has 0 unspecified atom stereocenters. The molecule has 118 valence electrons. The Morgan fingerprint density at radius 3 is 2.29 bits per heavy atom. The Balaban J connectivity index is 2.86. The van der Waals surface area contributed by atoms with E-state index in [9.17, 15) is 0 Å². The normalized spacial score (nSPS) is 10.3. The molecule has 1 aromatic rings. The van der Waals surface area contributed by atoms with Gasteiger partial charge in [-0.25, -0.2) is 0 Å². The van der Waals surface area contributed by atoms with Crippen LogP contribution in [0.5, 0.6) is 17.2 Å². The van der Waals surface area contributed by atoms with Crippen molar-refractivity contribution in [3.8, 4) is 17.2 Å². The predicted molar refractivity (Wildman–Crippen MR) is 86.7 cm³/mol. The van der Waals surface area contributed by atoms with Crippen LogP contribution >= 0.6 is 15.9 Å². The molecule has 0 heterocycles. The molecule has 6 heteroatoms. The van der Waals surface area contributed by atoms with Crippen LogP contribution in [0.1, 0.15) is 5.56 Å². The highest BCUT2D eigenvalue weighted by atomic mass is 79.9. The van der Waals surface area contributed by atoms with E-state index in [-0.39, 0.29) is 0 Å². The standard InChI is InChI=1S/C15H22BrNO4/c1-11(16)10-21-15-13(19-3)7-12(8-14(15)20-4)9-17-5-6-18-2/h7-8,17H,1,5-6,9-10H2,2-4H3. The van der Waals surface area contributed by atoms with Crippen molar-refractivity contribution in [2.75, 3.05) is 41.1 Å². The minimum absolute atomic E-state index is 0.345. The van der Waals surface area contributed by atoms with Crippen LogP contribution in [0.4, 0.5) is 0 Å². The molecule has 0 radical (unpaired) electrons. The summed E-state index contributed by atoms with van der Waals surface area (Å²) in [5.74, 6) is 1.83. The number of benzene rings is 1. The van der Waals surface area contributed by atoms with Gasteiger partial charge in [0.2, 0.25) is 5.75 Å². The van der Waals surface area contributed by atoms with E-state index in [2.05, 4.69) is 27.8 Å². The van der Waals surface area contributed by atoms with Gasteiger partial charge in [0.15, 0.2) is 11.5 Å². The molecule has 0 saturated heterocycles. The van der Waals surface area contributed by atoms with Gasteiger partial charge in [-0.3, -0.25) is 0 Å². The Labute approximate surface area is 134 Å². The summed E-state index contributed by atoms with van der Waals surface area (Å²) in [5, 5.41) is 3.28. The van der Waals surface area contributed by atoms with Gasteiger partial charge in [0, 0.05) is 24.7 Å². The molecule has 0 amide bonds. The third kappa shape index (κ3) is 5.95. The van der Waals surface area contributed by atoms with Crippen LogP contribution in [0.2, 0.25) is 0 Å². The van der Waals surface area contributed by atoms with Crippen LogP contribution in [0.3, 0.4) is 0 Å². The largest absolute Gasteiger partial charge is 0.493 e. The molecule has 0 aromatic heterocycles. The van der Waals surface area contributed by atoms with Gasteiger partial charge in [-0.15, -0.1) is 0 Å². The maximum Gasteiger partial charge on any atom is 0.203 e. The van der Waals surface area contributed by atoms with E-state index in [1.54, 1.807) is 21.3 Å². The molecule has 0 saturated carbocycles. The van der Waals surface area contributed by atoms with Gasteiger partial charge in [-0.2, -0.15) is 0 Å². The van der Waals surface area contributed by atoms with Crippen LogP contribution in [-0.2, 0) is 11.3 Å². The van der Waals surface area contributed by atoms with E-state index < -0.39 is 0 Å². The molecule has 0 bridgehead atoms. The van der Waals surface area contributed by atoms with Crippen molar-refractivity contribution in [1.29, 1.82) is 0 Å². The molecule has 1 aromatic carbocycles. The highest BCUT2D eigenvalue weighted by Gasteiger charge is 2.14. The van der Waals surface area contributed by atoms with Crippen molar-refractivity contribution in [2.24, 2.45) is 0 Å². The summed E-state index contributed by atoms with van der Waals surface area (Å²) in [5.41, 5.74) is 1.05. The summed E-state index contributed by atoms with van der Waals surface area (Å²) in [7, 11) is 4.89. The van der Waals surface area contributed by atoms with Gasteiger partial charge in [-0.1, -0.05) is 22.5 Å². The third-order valence-electron chi connectivity index (χ3n) is 2.71. The number of rotatable bonds is 10. The molecule has 0 aliphatic rings. The lowest BCUT2D eigenvalue weighted by Gasteiger charge is -2.16. The van der Waals surface area contributed by atoms with Crippen LogP contribution in [0.25, 0.3) is 0 Å². The molecule has 0 atom stereocenters. The van der Waals surface area contributed by atoms with E-state index in [1.807, 2.05) is 12.1 Å². The first kappa shape index (κ1) is 17.8. The summed E-state index contributed by atoms with van der Waals surface area (Å²) < 4.78 is 22.2. The summed E-state index contributed by atoms with van der Waals surface area (Å²) in [6.07, 6.45) is 0. The van der Waals surface area contributed by atoms with Crippen LogP contribution in [-0.4, -0.2) is 41.1 Å². The number of hydrogen-bond donors (Lipinski definition) is 1. The first-order valence-electron chi connectivity index (χ1n) is 6.53. The zero-order valence-corrected chi connectivity index (χ0v) is 14.3. The maximum atomic E-state index is 5.67. The van der Waals surface area contributed by atoms with Crippen LogP contribution in [0.15, 0.2) is 23.2 Å². The molecule has 0 spiro atoms. The SMILES string of the molecule is C=C(Br)COc1c(OC)cc(CNCCOC)cc1OC. The zero-order chi connectivity index (χ0) is 15.7. The molecule has 0 fully saturated rings. The Bertz CT molecular complexity index is 440. The van der Waals surface area contributed by atoms with Crippen molar-refractivity contribution in [3.05, 3.63) is 28.8 Å². The van der Waals surface area contributed by atoms with Gasteiger partial charge in [0.05, 0.1) is 20.8 Å². The van der Waals surface area contributed by atoms with E-state index in [4.69, 9.17) is 18.9 Å². The molecular weight excluding hydrogens is 338 g/mol. The summed E-state index contributed by atoms with van der Waals surface area (Å²) in [6.45, 7) is 6.24. The quantitative estimate of drug-likeness (QED) is 0.651. The molecule has 1 rings (SSSR count). The van der Waals surface area contributed by atoms with E-state index in [1.165, 1.54) is 0 Å². The number of hydrogen-bond acceptors (Lipinski definition) is 5. The van der Waals surface area contributed by atoms with Crippen LogP contribution in [0, 0.1) is 0 Å². The van der Waals surface area contributed by atoms with Crippen molar-refractivity contribution in [1.82, 2.24) is 5.32 Å². The molecule has 0 aliphatic carbocycles. The fourth-order valence-corrected chi connectivity index (χ4v) is 1.85. The fraction of sp³-hybridized carbons (Fsp3) is 0.467. The average molecular weight is 360 g/mol. The van der Waals surface area contributed by atoms with Crippen molar-refractivity contribution in [2.45, 2.75) is 6.54 Å². The average Bonchev–Trinajstić information content (AvgIpc) is 2.48. The lowest BCUT2D eigenvalue weighted by molar-refractivity contribution is 0.199. The molecule has 1 N–H and O–H groups in total. The molecular formula is C15H22BrNO4. The lowest BCUT2D eigenvalue weighted by Crippen LogP contribution is -2.18. The number of methoxy groups -OCH3 is 3.